The van der Waals surface area contributed by atoms with Crippen LogP contribution in [0.25, 0.3) is 0 Å². The molecule has 0 radical (unpaired) electrons. The van der Waals surface area contributed by atoms with E-state index >= 15 is 0 Å². The quantitative estimate of drug-likeness (QED) is 0.729. The number of nitriles is 1. The summed E-state index contributed by atoms with van der Waals surface area (Å²) >= 11 is 5.50. The number of benzene rings is 1. The third kappa shape index (κ3) is 1.49. The number of aromatic hydroxyl groups is 1. The van der Waals surface area contributed by atoms with Crippen molar-refractivity contribution in [3.63, 3.8) is 0 Å². The minimum Gasteiger partial charge on any atom is -0.506 e. The van der Waals surface area contributed by atoms with Crippen LogP contribution in [0.4, 0.5) is 4.39 Å². The maximum atomic E-state index is 12.8. The summed E-state index contributed by atoms with van der Waals surface area (Å²) in [6, 6.07) is 4.10. The van der Waals surface area contributed by atoms with Crippen LogP contribution < -0.4 is 0 Å². The molecule has 0 fully saturated rings. The van der Waals surface area contributed by atoms with Gasteiger partial charge in [-0.25, -0.2) is 4.39 Å². The van der Waals surface area contributed by atoms with Crippen LogP contribution in [0.15, 0.2) is 12.1 Å². The molecule has 0 heterocycles. The first-order valence-corrected chi connectivity index (χ1v) is 3.57. The van der Waals surface area contributed by atoms with E-state index in [-0.39, 0.29) is 22.8 Å². The molecule has 1 aromatic carbocycles. The topological polar surface area (TPSA) is 44.0 Å². The Bertz CT molecular complexity index is 346. The van der Waals surface area contributed by atoms with Crippen molar-refractivity contribution < 1.29 is 9.50 Å². The monoisotopic (exact) mass is 185 g/mol. The molecule has 0 unspecified atom stereocenters. The zero-order chi connectivity index (χ0) is 9.14. The summed E-state index contributed by atoms with van der Waals surface area (Å²) in [5.74, 6) is -0.961. The smallest absolute Gasteiger partial charge is 0.141 e. The largest absolute Gasteiger partial charge is 0.506 e. The molecule has 0 spiro atoms. The molecule has 0 saturated heterocycles. The van der Waals surface area contributed by atoms with Gasteiger partial charge in [0.25, 0.3) is 0 Å². The van der Waals surface area contributed by atoms with E-state index in [1.54, 1.807) is 6.07 Å². The van der Waals surface area contributed by atoms with E-state index in [4.69, 9.17) is 16.9 Å². The van der Waals surface area contributed by atoms with Crippen molar-refractivity contribution in [2.75, 3.05) is 0 Å². The van der Waals surface area contributed by atoms with Gasteiger partial charge >= 0.3 is 0 Å². The first kappa shape index (κ1) is 8.82. The Balaban J connectivity index is 3.25. The van der Waals surface area contributed by atoms with E-state index in [1.165, 1.54) is 6.07 Å². The first-order chi connectivity index (χ1) is 5.66. The van der Waals surface area contributed by atoms with Gasteiger partial charge in [0.05, 0.1) is 17.5 Å². The van der Waals surface area contributed by atoms with Crippen molar-refractivity contribution in [2.45, 2.75) is 6.42 Å². The van der Waals surface area contributed by atoms with Gasteiger partial charge in [-0.15, -0.1) is 0 Å². The molecular formula is C8H5ClFNO. The molecule has 12 heavy (non-hydrogen) atoms. The molecule has 0 amide bonds. The Morgan fingerprint density at radius 2 is 2.25 bits per heavy atom. The van der Waals surface area contributed by atoms with Gasteiger partial charge in [0.2, 0.25) is 0 Å². The Morgan fingerprint density at radius 1 is 1.58 bits per heavy atom. The Labute approximate surface area is 73.8 Å². The Morgan fingerprint density at radius 3 is 2.83 bits per heavy atom. The van der Waals surface area contributed by atoms with Crippen LogP contribution in [0.3, 0.4) is 0 Å². The minimum absolute atomic E-state index is 0.0509. The van der Waals surface area contributed by atoms with E-state index < -0.39 is 5.82 Å². The fourth-order valence-corrected chi connectivity index (χ4v) is 1.01. The average molecular weight is 186 g/mol. The van der Waals surface area contributed by atoms with E-state index in [2.05, 4.69) is 0 Å². The second-order valence-corrected chi connectivity index (χ2v) is 2.60. The highest BCUT2D eigenvalue weighted by atomic mass is 35.5. The molecule has 0 aliphatic rings. The number of rotatable bonds is 1. The summed E-state index contributed by atoms with van der Waals surface area (Å²) in [4.78, 5) is 0. The minimum atomic E-state index is -0.613. The third-order valence-electron chi connectivity index (χ3n) is 1.43. The molecule has 1 aromatic rings. The molecule has 1 N–H and O–H groups in total. The summed E-state index contributed by atoms with van der Waals surface area (Å²) in [6.07, 6.45) is -0.182. The van der Waals surface area contributed by atoms with Gasteiger partial charge in [0.15, 0.2) is 0 Å². The van der Waals surface area contributed by atoms with Crippen molar-refractivity contribution in [1.29, 1.82) is 5.26 Å². The predicted octanol–water partition coefficient (Wildman–Crippen LogP) is 2.25. The number of hydrogen-bond acceptors (Lipinski definition) is 2. The van der Waals surface area contributed by atoms with E-state index in [0.717, 1.165) is 6.07 Å². The molecule has 0 saturated carbocycles. The fourth-order valence-electron chi connectivity index (χ4n) is 0.830. The highest BCUT2D eigenvalue weighted by Crippen LogP contribution is 2.29. The first-order valence-electron chi connectivity index (χ1n) is 3.19. The third-order valence-corrected chi connectivity index (χ3v) is 1.74. The zero-order valence-electron chi connectivity index (χ0n) is 6.01. The lowest BCUT2D eigenvalue weighted by Crippen LogP contribution is -1.89. The summed E-state index contributed by atoms with van der Waals surface area (Å²) in [5.41, 5.74) is -0.0509. The van der Waals surface area contributed by atoms with Gasteiger partial charge in [-0.1, -0.05) is 11.6 Å². The molecule has 0 aliphatic carbocycles. The fraction of sp³-hybridized carbons (Fsp3) is 0.125. The SMILES string of the molecule is N#CCc1c(F)ccc(Cl)c1O. The molecule has 0 bridgehead atoms. The van der Waals surface area contributed by atoms with Crippen molar-refractivity contribution in [1.82, 2.24) is 0 Å². The molecule has 4 heteroatoms. The summed E-state index contributed by atoms with van der Waals surface area (Å²) in [5, 5.41) is 17.5. The van der Waals surface area contributed by atoms with Gasteiger partial charge in [-0.3, -0.25) is 0 Å². The van der Waals surface area contributed by atoms with Crippen molar-refractivity contribution >= 4 is 11.6 Å². The highest BCUT2D eigenvalue weighted by Gasteiger charge is 2.10. The van der Waals surface area contributed by atoms with E-state index in [9.17, 15) is 9.50 Å². The van der Waals surface area contributed by atoms with Crippen LogP contribution in [0.2, 0.25) is 5.02 Å². The predicted molar refractivity (Wildman–Crippen MR) is 42.4 cm³/mol. The van der Waals surface area contributed by atoms with Crippen LogP contribution in [0, 0.1) is 17.1 Å². The van der Waals surface area contributed by atoms with Gasteiger partial charge in [-0.05, 0) is 12.1 Å². The number of phenolic OH excluding ortho intramolecular Hbond substituents is 1. The van der Waals surface area contributed by atoms with Crippen LogP contribution in [0.5, 0.6) is 5.75 Å². The second kappa shape index (κ2) is 3.42. The number of halogens is 2. The molecule has 2 nitrogen and oxygen atoms in total. The van der Waals surface area contributed by atoms with Crippen LogP contribution in [0.1, 0.15) is 5.56 Å². The summed E-state index contributed by atoms with van der Waals surface area (Å²) < 4.78 is 12.8. The van der Waals surface area contributed by atoms with Crippen LogP contribution in [-0.4, -0.2) is 5.11 Å². The van der Waals surface area contributed by atoms with Gasteiger partial charge in [0.1, 0.15) is 11.6 Å². The van der Waals surface area contributed by atoms with Crippen molar-refractivity contribution in [3.8, 4) is 11.8 Å². The standard InChI is InChI=1S/C8H5ClFNO/c9-6-1-2-7(10)5(3-4-11)8(6)12/h1-2,12H,3H2. The highest BCUT2D eigenvalue weighted by molar-refractivity contribution is 6.32. The van der Waals surface area contributed by atoms with Crippen LogP contribution >= 0.6 is 11.6 Å². The zero-order valence-corrected chi connectivity index (χ0v) is 6.77. The number of hydrogen-bond donors (Lipinski definition) is 1. The van der Waals surface area contributed by atoms with Crippen molar-refractivity contribution in [2.24, 2.45) is 0 Å². The van der Waals surface area contributed by atoms with Gasteiger partial charge in [0, 0.05) is 5.56 Å². The second-order valence-electron chi connectivity index (χ2n) is 2.19. The molecule has 62 valence electrons. The van der Waals surface area contributed by atoms with E-state index in [0.29, 0.717) is 0 Å². The molecule has 0 aliphatic heterocycles. The molecular weight excluding hydrogens is 181 g/mol. The average Bonchev–Trinajstić information content (AvgIpc) is 2.06. The maximum Gasteiger partial charge on any atom is 0.141 e. The lowest BCUT2D eigenvalue weighted by atomic mass is 10.1. The Hall–Kier alpha value is -1.27. The Kier molecular flexibility index (Phi) is 2.51. The lowest BCUT2D eigenvalue weighted by Gasteiger charge is -2.02. The normalized spacial score (nSPS) is 9.42. The van der Waals surface area contributed by atoms with E-state index in [1.807, 2.05) is 0 Å². The molecule has 0 aromatic heterocycles. The molecule has 1 rings (SSSR count). The lowest BCUT2D eigenvalue weighted by molar-refractivity contribution is 0.461. The van der Waals surface area contributed by atoms with Gasteiger partial charge in [-0.2, -0.15) is 5.26 Å². The van der Waals surface area contributed by atoms with Crippen LogP contribution in [-0.2, 0) is 6.42 Å². The summed E-state index contributed by atoms with van der Waals surface area (Å²) in [6.45, 7) is 0. The maximum absolute atomic E-state index is 12.8. The summed E-state index contributed by atoms with van der Waals surface area (Å²) in [7, 11) is 0. The number of nitrogens with zero attached hydrogens (tertiary/aromatic N) is 1. The van der Waals surface area contributed by atoms with Gasteiger partial charge < -0.3 is 5.11 Å². The molecule has 0 atom stereocenters. The number of phenols is 1. The van der Waals surface area contributed by atoms with Crippen molar-refractivity contribution in [3.05, 3.63) is 28.5 Å².